The second kappa shape index (κ2) is 8.03. The van der Waals surface area contributed by atoms with Crippen molar-refractivity contribution in [2.75, 3.05) is 12.0 Å². The summed E-state index contributed by atoms with van der Waals surface area (Å²) in [4.78, 5) is 37.7. The van der Waals surface area contributed by atoms with Crippen molar-refractivity contribution in [1.82, 2.24) is 5.32 Å². The second-order valence-corrected chi connectivity index (χ2v) is 6.38. The van der Waals surface area contributed by atoms with E-state index in [0.717, 1.165) is 22.6 Å². The van der Waals surface area contributed by atoms with Crippen molar-refractivity contribution in [3.63, 3.8) is 0 Å². The van der Waals surface area contributed by atoms with Crippen LogP contribution in [0.2, 0.25) is 0 Å². The average molecular weight is 366 g/mol. The molecule has 1 atom stereocenters. The molecule has 1 aliphatic heterocycles. The van der Waals surface area contributed by atoms with Crippen LogP contribution in [0.4, 0.5) is 5.69 Å². The summed E-state index contributed by atoms with van der Waals surface area (Å²) in [5.41, 5.74) is 1.83. The van der Waals surface area contributed by atoms with E-state index in [1.807, 2.05) is 31.2 Å². The van der Waals surface area contributed by atoms with Gasteiger partial charge in [-0.1, -0.05) is 25.1 Å². The van der Waals surface area contributed by atoms with Crippen molar-refractivity contribution >= 4 is 23.4 Å². The molecular formula is C21H22N2O4. The van der Waals surface area contributed by atoms with Crippen molar-refractivity contribution in [3.8, 4) is 5.75 Å². The second-order valence-electron chi connectivity index (χ2n) is 6.38. The number of nitrogens with one attached hydrogen (secondary N) is 1. The van der Waals surface area contributed by atoms with Gasteiger partial charge in [0.25, 0.3) is 5.91 Å². The lowest BCUT2D eigenvalue weighted by molar-refractivity contribution is -0.121. The van der Waals surface area contributed by atoms with Crippen LogP contribution in [-0.2, 0) is 9.59 Å². The Bertz CT molecular complexity index is 845. The maximum Gasteiger partial charge on any atom is 0.251 e. The molecule has 1 fully saturated rings. The average Bonchev–Trinajstić information content (AvgIpc) is 3.04. The molecule has 0 spiro atoms. The maximum atomic E-state index is 12.7. The lowest BCUT2D eigenvalue weighted by atomic mass is 10.0. The number of nitrogens with zero attached hydrogens (tertiary/aromatic N) is 1. The molecular weight excluding hydrogens is 344 g/mol. The molecule has 3 rings (SSSR count). The van der Waals surface area contributed by atoms with E-state index in [-0.39, 0.29) is 36.6 Å². The number of rotatable bonds is 6. The molecule has 3 amide bonds. The minimum Gasteiger partial charge on any atom is -0.497 e. The fourth-order valence-electron chi connectivity index (χ4n) is 3.15. The topological polar surface area (TPSA) is 75.7 Å². The highest BCUT2D eigenvalue weighted by molar-refractivity contribution is 6.20. The van der Waals surface area contributed by atoms with E-state index in [4.69, 9.17) is 4.74 Å². The Morgan fingerprint density at radius 2 is 1.78 bits per heavy atom. The highest BCUT2D eigenvalue weighted by Gasteiger charge is 2.30. The fraction of sp³-hybridized carbons (Fsp3) is 0.286. The number of benzene rings is 2. The first-order valence-electron chi connectivity index (χ1n) is 8.94. The van der Waals surface area contributed by atoms with Crippen molar-refractivity contribution < 1.29 is 19.1 Å². The number of carbonyl (C=O) groups excluding carboxylic acids is 3. The van der Waals surface area contributed by atoms with Crippen LogP contribution in [0.5, 0.6) is 5.75 Å². The Kier molecular flexibility index (Phi) is 5.54. The number of methoxy groups -OCH3 is 1. The van der Waals surface area contributed by atoms with Crippen LogP contribution in [0, 0.1) is 0 Å². The standard InChI is InChI=1S/C21H22N2O4/c1-3-18(14-7-9-17(27-2)10-8-14)22-21(26)15-5-4-6-16(13-15)23-19(24)11-12-20(23)25/h4-10,13,18H,3,11-12H2,1-2H3,(H,22,26)/t18-/m0/s1. The first-order chi connectivity index (χ1) is 13.0. The predicted octanol–water partition coefficient (Wildman–Crippen LogP) is 3.23. The normalized spacial score (nSPS) is 15.0. The molecule has 6 heteroatoms. The van der Waals surface area contributed by atoms with Gasteiger partial charge >= 0.3 is 0 Å². The SMILES string of the molecule is CC[C@H](NC(=O)c1cccc(N2C(=O)CCC2=O)c1)c1ccc(OC)cc1. The molecule has 2 aromatic carbocycles. The van der Waals surface area contributed by atoms with Crippen LogP contribution in [0.1, 0.15) is 48.1 Å². The quantitative estimate of drug-likeness (QED) is 0.797. The van der Waals surface area contributed by atoms with E-state index < -0.39 is 0 Å². The third-order valence-corrected chi connectivity index (χ3v) is 4.65. The molecule has 6 nitrogen and oxygen atoms in total. The van der Waals surface area contributed by atoms with E-state index in [1.165, 1.54) is 0 Å². The summed E-state index contributed by atoms with van der Waals surface area (Å²) in [5.74, 6) is 0.0376. The van der Waals surface area contributed by atoms with Crippen molar-refractivity contribution in [2.45, 2.75) is 32.2 Å². The van der Waals surface area contributed by atoms with Crippen LogP contribution < -0.4 is 15.0 Å². The third-order valence-electron chi connectivity index (χ3n) is 4.65. The largest absolute Gasteiger partial charge is 0.497 e. The number of hydrogen-bond donors (Lipinski definition) is 1. The van der Waals surface area contributed by atoms with Crippen LogP contribution >= 0.6 is 0 Å². The van der Waals surface area contributed by atoms with Crippen molar-refractivity contribution in [2.24, 2.45) is 0 Å². The molecule has 1 heterocycles. The number of carbonyl (C=O) groups is 3. The Morgan fingerprint density at radius 3 is 2.37 bits per heavy atom. The summed E-state index contributed by atoms with van der Waals surface area (Å²) in [5, 5.41) is 3.01. The van der Waals surface area contributed by atoms with Gasteiger partial charge in [-0.3, -0.25) is 19.3 Å². The summed E-state index contributed by atoms with van der Waals surface area (Å²) in [6, 6.07) is 14.0. The van der Waals surface area contributed by atoms with Gasteiger partial charge in [0, 0.05) is 18.4 Å². The van der Waals surface area contributed by atoms with Gasteiger partial charge in [0.05, 0.1) is 18.8 Å². The maximum absolute atomic E-state index is 12.7. The van der Waals surface area contributed by atoms with Gasteiger partial charge in [0.2, 0.25) is 11.8 Å². The summed E-state index contributed by atoms with van der Waals surface area (Å²) in [7, 11) is 1.61. The number of amides is 3. The van der Waals surface area contributed by atoms with Gasteiger partial charge in [-0.2, -0.15) is 0 Å². The van der Waals surface area contributed by atoms with E-state index >= 15 is 0 Å². The number of hydrogen-bond acceptors (Lipinski definition) is 4. The summed E-state index contributed by atoms with van der Waals surface area (Å²) in [6.07, 6.45) is 1.15. The third kappa shape index (κ3) is 4.00. The van der Waals surface area contributed by atoms with Gasteiger partial charge in [-0.15, -0.1) is 0 Å². The van der Waals surface area contributed by atoms with Gasteiger partial charge < -0.3 is 10.1 Å². The number of imide groups is 1. The van der Waals surface area contributed by atoms with Crippen LogP contribution in [0.15, 0.2) is 48.5 Å². The Morgan fingerprint density at radius 1 is 1.11 bits per heavy atom. The molecule has 2 aromatic rings. The Balaban J connectivity index is 1.77. The zero-order valence-corrected chi connectivity index (χ0v) is 15.4. The highest BCUT2D eigenvalue weighted by atomic mass is 16.5. The molecule has 140 valence electrons. The Hall–Kier alpha value is -3.15. The van der Waals surface area contributed by atoms with E-state index in [2.05, 4.69) is 5.32 Å². The summed E-state index contributed by atoms with van der Waals surface area (Å²) in [6.45, 7) is 1.99. The van der Waals surface area contributed by atoms with E-state index in [1.54, 1.807) is 31.4 Å². The van der Waals surface area contributed by atoms with Crippen LogP contribution in [-0.4, -0.2) is 24.8 Å². The number of ether oxygens (including phenoxy) is 1. The summed E-state index contributed by atoms with van der Waals surface area (Å²) >= 11 is 0. The van der Waals surface area contributed by atoms with E-state index in [0.29, 0.717) is 11.3 Å². The van der Waals surface area contributed by atoms with Gasteiger partial charge in [-0.25, -0.2) is 0 Å². The molecule has 0 radical (unpaired) electrons. The van der Waals surface area contributed by atoms with Gasteiger partial charge in [-0.05, 0) is 42.3 Å². The minimum absolute atomic E-state index is 0.151. The van der Waals surface area contributed by atoms with E-state index in [9.17, 15) is 14.4 Å². The lowest BCUT2D eigenvalue weighted by Crippen LogP contribution is -2.30. The zero-order valence-electron chi connectivity index (χ0n) is 15.4. The minimum atomic E-state index is -0.251. The van der Waals surface area contributed by atoms with Crippen LogP contribution in [0.3, 0.4) is 0 Å². The lowest BCUT2D eigenvalue weighted by Gasteiger charge is -2.19. The van der Waals surface area contributed by atoms with Crippen LogP contribution in [0.25, 0.3) is 0 Å². The highest BCUT2D eigenvalue weighted by Crippen LogP contribution is 2.24. The number of anilines is 1. The van der Waals surface area contributed by atoms with Gasteiger partial charge in [0.1, 0.15) is 5.75 Å². The fourth-order valence-corrected chi connectivity index (χ4v) is 3.15. The van der Waals surface area contributed by atoms with Gasteiger partial charge in [0.15, 0.2) is 0 Å². The van der Waals surface area contributed by atoms with Crippen molar-refractivity contribution in [3.05, 3.63) is 59.7 Å². The molecule has 0 saturated carbocycles. The Labute approximate surface area is 158 Å². The molecule has 0 unspecified atom stereocenters. The molecule has 0 aromatic heterocycles. The molecule has 1 N–H and O–H groups in total. The monoisotopic (exact) mass is 366 g/mol. The molecule has 0 bridgehead atoms. The first-order valence-corrected chi connectivity index (χ1v) is 8.94. The molecule has 0 aliphatic carbocycles. The smallest absolute Gasteiger partial charge is 0.251 e. The molecule has 27 heavy (non-hydrogen) atoms. The summed E-state index contributed by atoms with van der Waals surface area (Å²) < 4.78 is 5.17. The molecule has 1 aliphatic rings. The predicted molar refractivity (Wildman–Crippen MR) is 102 cm³/mol. The first kappa shape index (κ1) is 18.6. The zero-order chi connectivity index (χ0) is 19.4. The van der Waals surface area contributed by atoms with Crippen molar-refractivity contribution in [1.29, 1.82) is 0 Å². The molecule has 1 saturated heterocycles.